The van der Waals surface area contributed by atoms with Crippen LogP contribution >= 0.6 is 23.6 Å². The number of carbonyl (C=O) groups excluding carboxylic acids is 1. The summed E-state index contributed by atoms with van der Waals surface area (Å²) in [5.74, 6) is 0.403. The van der Waals surface area contributed by atoms with Crippen LogP contribution in [0.1, 0.15) is 22.8 Å². The van der Waals surface area contributed by atoms with E-state index in [-0.39, 0.29) is 17.4 Å². The molecule has 2 aromatic rings. The van der Waals surface area contributed by atoms with Crippen LogP contribution in [0.5, 0.6) is 0 Å². The van der Waals surface area contributed by atoms with Gasteiger partial charge in [0.1, 0.15) is 0 Å². The van der Waals surface area contributed by atoms with Gasteiger partial charge in [-0.2, -0.15) is 0 Å². The van der Waals surface area contributed by atoms with Crippen molar-refractivity contribution < 1.29 is 13.7 Å². The first-order valence-corrected chi connectivity index (χ1v) is 8.65. The van der Waals surface area contributed by atoms with E-state index in [1.54, 1.807) is 24.3 Å². The Bertz CT molecular complexity index is 789. The average molecular weight is 362 g/mol. The van der Waals surface area contributed by atoms with Crippen LogP contribution in [-0.2, 0) is 19.5 Å². The summed E-state index contributed by atoms with van der Waals surface area (Å²) < 4.78 is 11.0. The van der Waals surface area contributed by atoms with E-state index in [1.807, 2.05) is 31.2 Å². The maximum atomic E-state index is 12.5. The molecule has 0 amide bonds. The third-order valence-corrected chi connectivity index (χ3v) is 4.69. The zero-order valence-corrected chi connectivity index (χ0v) is 14.6. The van der Waals surface area contributed by atoms with Gasteiger partial charge in [-0.1, -0.05) is 48.0 Å². The molecule has 24 heavy (non-hydrogen) atoms. The second kappa shape index (κ2) is 7.20. The van der Waals surface area contributed by atoms with Gasteiger partial charge >= 0.3 is 0 Å². The highest BCUT2D eigenvalue weighted by molar-refractivity contribution is 7.94. The van der Waals surface area contributed by atoms with Crippen molar-refractivity contribution in [1.82, 2.24) is 0 Å². The average Bonchev–Trinajstić information content (AvgIpc) is 2.85. The number of ketones is 1. The molecule has 6 heteroatoms. The van der Waals surface area contributed by atoms with Crippen LogP contribution < -0.4 is 5.73 Å². The minimum atomic E-state index is -0.781. The molecule has 1 heterocycles. The molecule has 0 aliphatic carbocycles. The van der Waals surface area contributed by atoms with Crippen molar-refractivity contribution in [2.75, 3.05) is 0 Å². The predicted molar refractivity (Wildman–Crippen MR) is 95.1 cm³/mol. The van der Waals surface area contributed by atoms with Gasteiger partial charge in [-0.15, -0.1) is 0 Å². The number of Topliss-reactive ketones (excluding diaryl/α,β-unsaturated/α-hetero) is 1. The molecule has 1 unspecified atom stereocenters. The summed E-state index contributed by atoms with van der Waals surface area (Å²) in [6, 6.07) is 14.9. The number of hydrogen-bond acceptors (Lipinski definition) is 5. The second-order valence-corrected chi connectivity index (χ2v) is 6.51. The quantitative estimate of drug-likeness (QED) is 0.805. The molecule has 1 aliphatic heterocycles. The Balaban J connectivity index is 1.64. The maximum absolute atomic E-state index is 12.5. The Morgan fingerprint density at radius 3 is 2.62 bits per heavy atom. The minimum absolute atomic E-state index is 0.0113. The fraction of sp³-hybridized carbons (Fsp3) is 0.167. The topological polar surface area (TPSA) is 61.6 Å². The Morgan fingerprint density at radius 1 is 1.21 bits per heavy atom. The van der Waals surface area contributed by atoms with Crippen LogP contribution in [0.2, 0.25) is 5.02 Å². The summed E-state index contributed by atoms with van der Waals surface area (Å²) in [7, 11) is 0. The molecule has 0 spiro atoms. The third kappa shape index (κ3) is 3.52. The lowest BCUT2D eigenvalue weighted by Gasteiger charge is -2.09. The number of ether oxygens (including phenoxy) is 1. The second-order valence-electron chi connectivity index (χ2n) is 5.38. The lowest BCUT2D eigenvalue weighted by Crippen LogP contribution is -2.10. The van der Waals surface area contributed by atoms with Gasteiger partial charge in [0, 0.05) is 10.6 Å². The van der Waals surface area contributed by atoms with Gasteiger partial charge in [-0.3, -0.25) is 4.79 Å². The predicted octanol–water partition coefficient (Wildman–Crippen LogP) is 4.28. The highest BCUT2D eigenvalue weighted by atomic mass is 35.5. The number of aryl methyl sites for hydroxylation is 1. The molecule has 0 fully saturated rings. The Kier molecular flexibility index (Phi) is 5.02. The lowest BCUT2D eigenvalue weighted by atomic mass is 10.1. The lowest BCUT2D eigenvalue weighted by molar-refractivity contribution is -0.122. The standard InChI is InChI=1S/C18H16ClNO3S/c1-11-4-2-3-5-13(11)10-24-23-17-15(21)16(22-18(17)20)12-6-8-14(19)9-7-12/h2-9,16H,10,20H2,1H3. The van der Waals surface area contributed by atoms with E-state index in [0.717, 1.165) is 5.56 Å². The molecule has 0 bridgehead atoms. The van der Waals surface area contributed by atoms with Gasteiger partial charge in [-0.05, 0) is 30.2 Å². The highest BCUT2D eigenvalue weighted by Gasteiger charge is 2.37. The van der Waals surface area contributed by atoms with Crippen LogP contribution in [-0.4, -0.2) is 5.78 Å². The van der Waals surface area contributed by atoms with E-state index < -0.39 is 6.10 Å². The molecule has 124 valence electrons. The molecule has 2 N–H and O–H groups in total. The van der Waals surface area contributed by atoms with Crippen LogP contribution in [0.15, 0.2) is 60.2 Å². The molecule has 4 nitrogen and oxygen atoms in total. The van der Waals surface area contributed by atoms with Gasteiger partial charge < -0.3 is 14.7 Å². The number of rotatable bonds is 5. The van der Waals surface area contributed by atoms with E-state index in [0.29, 0.717) is 16.3 Å². The first-order chi connectivity index (χ1) is 11.6. The minimum Gasteiger partial charge on any atom is -0.460 e. The summed E-state index contributed by atoms with van der Waals surface area (Å²) in [6.45, 7) is 2.03. The van der Waals surface area contributed by atoms with Crippen LogP contribution in [0.25, 0.3) is 0 Å². The smallest absolute Gasteiger partial charge is 0.249 e. The molecule has 3 rings (SSSR count). The van der Waals surface area contributed by atoms with E-state index >= 15 is 0 Å². The SMILES string of the molecule is Cc1ccccc1CSOC1=C(N)OC(c2ccc(Cl)cc2)C1=O. The van der Waals surface area contributed by atoms with Crippen molar-refractivity contribution in [2.24, 2.45) is 5.73 Å². The van der Waals surface area contributed by atoms with Crippen molar-refractivity contribution >= 4 is 29.4 Å². The van der Waals surface area contributed by atoms with Crippen molar-refractivity contribution in [3.8, 4) is 0 Å². The Hall–Kier alpha value is -2.11. The van der Waals surface area contributed by atoms with Crippen molar-refractivity contribution in [3.05, 3.63) is 81.9 Å². The van der Waals surface area contributed by atoms with E-state index in [9.17, 15) is 4.79 Å². The molecule has 1 aliphatic rings. The molecule has 0 saturated heterocycles. The van der Waals surface area contributed by atoms with Crippen LogP contribution in [0, 0.1) is 6.92 Å². The first kappa shape index (κ1) is 16.7. The number of halogens is 1. The molecule has 1 atom stereocenters. The largest absolute Gasteiger partial charge is 0.460 e. The van der Waals surface area contributed by atoms with Crippen molar-refractivity contribution in [2.45, 2.75) is 18.8 Å². The van der Waals surface area contributed by atoms with E-state index in [1.165, 1.54) is 17.6 Å². The number of nitrogens with two attached hydrogens (primary N) is 1. The van der Waals surface area contributed by atoms with Gasteiger partial charge in [0.15, 0.2) is 6.10 Å². The first-order valence-electron chi connectivity index (χ1n) is 7.36. The van der Waals surface area contributed by atoms with Gasteiger partial charge in [0.25, 0.3) is 0 Å². The fourth-order valence-electron chi connectivity index (χ4n) is 2.34. The van der Waals surface area contributed by atoms with Gasteiger partial charge in [0.2, 0.25) is 17.4 Å². The Morgan fingerprint density at radius 2 is 1.92 bits per heavy atom. The fourth-order valence-corrected chi connectivity index (χ4v) is 3.26. The molecule has 0 aromatic heterocycles. The third-order valence-electron chi connectivity index (χ3n) is 3.72. The monoisotopic (exact) mass is 361 g/mol. The van der Waals surface area contributed by atoms with Gasteiger partial charge in [-0.25, -0.2) is 0 Å². The Labute approximate surface area is 149 Å². The summed E-state index contributed by atoms with van der Waals surface area (Å²) in [5.41, 5.74) is 8.81. The van der Waals surface area contributed by atoms with Gasteiger partial charge in [0.05, 0.1) is 17.8 Å². The normalized spacial score (nSPS) is 17.1. The summed E-state index contributed by atoms with van der Waals surface area (Å²) in [5, 5.41) is 0.593. The van der Waals surface area contributed by atoms with E-state index in [4.69, 9.17) is 26.3 Å². The summed E-state index contributed by atoms with van der Waals surface area (Å²) in [6.07, 6.45) is -0.781. The van der Waals surface area contributed by atoms with Crippen LogP contribution in [0.4, 0.5) is 0 Å². The highest BCUT2D eigenvalue weighted by Crippen LogP contribution is 2.34. The number of benzene rings is 2. The van der Waals surface area contributed by atoms with E-state index in [2.05, 4.69) is 0 Å². The molecule has 0 radical (unpaired) electrons. The summed E-state index contributed by atoms with van der Waals surface area (Å²) >= 11 is 7.03. The molecular formula is C18H16ClNO3S. The number of hydrogen-bond donors (Lipinski definition) is 1. The van der Waals surface area contributed by atoms with Crippen molar-refractivity contribution in [3.63, 3.8) is 0 Å². The van der Waals surface area contributed by atoms with Crippen molar-refractivity contribution in [1.29, 1.82) is 0 Å². The molecule has 2 aromatic carbocycles. The molecular weight excluding hydrogens is 346 g/mol. The zero-order valence-electron chi connectivity index (χ0n) is 13.0. The maximum Gasteiger partial charge on any atom is 0.249 e. The zero-order chi connectivity index (χ0) is 17.1. The van der Waals surface area contributed by atoms with Crippen LogP contribution in [0.3, 0.4) is 0 Å². The molecule has 0 saturated carbocycles. The number of carbonyl (C=O) groups is 1. The summed E-state index contributed by atoms with van der Waals surface area (Å²) in [4.78, 5) is 12.5.